The van der Waals surface area contributed by atoms with Crippen molar-refractivity contribution in [2.45, 2.75) is 0 Å². The van der Waals surface area contributed by atoms with Gasteiger partial charge in [0.2, 0.25) is 11.2 Å². The van der Waals surface area contributed by atoms with Crippen LogP contribution in [0.25, 0.3) is 0 Å². The van der Waals surface area contributed by atoms with Crippen molar-refractivity contribution < 1.29 is 4.79 Å². The minimum atomic E-state index is 0.0420. The highest BCUT2D eigenvalue weighted by atomic mass is 35.5. The summed E-state index contributed by atoms with van der Waals surface area (Å²) in [6.45, 7) is 1.62. The molecule has 2 heterocycles. The van der Waals surface area contributed by atoms with E-state index in [9.17, 15) is 4.79 Å². The fraction of sp³-hybridized carbons (Fsp3) is 0.444. The van der Waals surface area contributed by atoms with Crippen LogP contribution in [0.15, 0.2) is 6.20 Å². The molecule has 1 saturated heterocycles. The number of amides is 1. The quantitative estimate of drug-likeness (QED) is 0.700. The van der Waals surface area contributed by atoms with Crippen molar-refractivity contribution in [2.75, 3.05) is 37.3 Å². The van der Waals surface area contributed by atoms with Crippen molar-refractivity contribution in [3.8, 4) is 0 Å². The predicted octanol–water partition coefficient (Wildman–Crippen LogP) is -0.00940. The monoisotopic (exact) mass is 241 g/mol. The van der Waals surface area contributed by atoms with E-state index in [0.29, 0.717) is 24.6 Å². The van der Waals surface area contributed by atoms with Gasteiger partial charge in [-0.1, -0.05) is 0 Å². The summed E-state index contributed by atoms with van der Waals surface area (Å²) in [5.41, 5.74) is 6.18. The lowest BCUT2D eigenvalue weighted by molar-refractivity contribution is -0.129. The lowest BCUT2D eigenvalue weighted by Crippen LogP contribution is -2.49. The van der Waals surface area contributed by atoms with E-state index in [4.69, 9.17) is 17.3 Å². The molecule has 1 aliphatic heterocycles. The van der Waals surface area contributed by atoms with Gasteiger partial charge in [0.1, 0.15) is 0 Å². The van der Waals surface area contributed by atoms with Crippen LogP contribution in [0.5, 0.6) is 0 Å². The maximum atomic E-state index is 11.5. The minimum absolute atomic E-state index is 0.0420. The zero-order chi connectivity index (χ0) is 11.7. The normalized spacial score (nSPS) is 16.8. The molecule has 1 aromatic heterocycles. The summed E-state index contributed by atoms with van der Waals surface area (Å²) in [7, 11) is 1.77. The van der Waals surface area contributed by atoms with Crippen LogP contribution in [0.1, 0.15) is 0 Å². The Kier molecular flexibility index (Phi) is 2.82. The van der Waals surface area contributed by atoms with Crippen molar-refractivity contribution in [3.63, 3.8) is 0 Å². The van der Waals surface area contributed by atoms with Gasteiger partial charge in [-0.15, -0.1) is 0 Å². The maximum absolute atomic E-state index is 11.5. The first kappa shape index (κ1) is 10.9. The number of carbonyl (C=O) groups excluding carboxylic acids is 1. The van der Waals surface area contributed by atoms with Gasteiger partial charge in [-0.25, -0.2) is 4.98 Å². The van der Waals surface area contributed by atoms with Crippen LogP contribution in [0.2, 0.25) is 5.28 Å². The van der Waals surface area contributed by atoms with E-state index in [1.165, 1.54) is 6.20 Å². The maximum Gasteiger partial charge on any atom is 0.241 e. The van der Waals surface area contributed by atoms with E-state index in [-0.39, 0.29) is 17.7 Å². The Morgan fingerprint density at radius 1 is 1.50 bits per heavy atom. The Morgan fingerprint density at radius 3 is 2.94 bits per heavy atom. The van der Waals surface area contributed by atoms with Crippen molar-refractivity contribution in [1.29, 1.82) is 0 Å². The van der Waals surface area contributed by atoms with E-state index in [0.717, 1.165) is 0 Å². The molecule has 7 heteroatoms. The Hall–Kier alpha value is -1.56. The first-order valence-corrected chi connectivity index (χ1v) is 5.22. The van der Waals surface area contributed by atoms with Gasteiger partial charge in [-0.3, -0.25) is 4.79 Å². The molecule has 6 nitrogen and oxygen atoms in total. The van der Waals surface area contributed by atoms with Crippen LogP contribution in [-0.4, -0.2) is 47.5 Å². The average Bonchev–Trinajstić information content (AvgIpc) is 2.26. The highest BCUT2D eigenvalue weighted by Gasteiger charge is 2.23. The summed E-state index contributed by atoms with van der Waals surface area (Å²) < 4.78 is 0. The number of nitrogens with two attached hydrogens (primary N) is 1. The molecule has 86 valence electrons. The van der Waals surface area contributed by atoms with Crippen molar-refractivity contribution in [3.05, 3.63) is 11.5 Å². The summed E-state index contributed by atoms with van der Waals surface area (Å²) in [5, 5.41) is 0.135. The highest BCUT2D eigenvalue weighted by molar-refractivity contribution is 6.28. The number of halogens is 1. The van der Waals surface area contributed by atoms with E-state index >= 15 is 0 Å². The molecule has 1 aromatic rings. The van der Waals surface area contributed by atoms with Gasteiger partial charge in [0.25, 0.3) is 0 Å². The SMILES string of the molecule is CN1CCN(c2nc(Cl)ncc2N)CC1=O. The molecule has 1 amide bonds. The number of hydrogen-bond acceptors (Lipinski definition) is 5. The molecule has 1 aliphatic rings. The zero-order valence-electron chi connectivity index (χ0n) is 8.85. The van der Waals surface area contributed by atoms with Gasteiger partial charge in [-0.05, 0) is 11.6 Å². The molecule has 1 fully saturated rings. The molecule has 0 spiro atoms. The highest BCUT2D eigenvalue weighted by Crippen LogP contribution is 2.22. The number of piperazine rings is 1. The second kappa shape index (κ2) is 4.13. The van der Waals surface area contributed by atoms with E-state index in [1.807, 2.05) is 4.90 Å². The first-order chi connectivity index (χ1) is 7.58. The third-order valence-electron chi connectivity index (χ3n) is 2.52. The molecular weight excluding hydrogens is 230 g/mol. The lowest BCUT2D eigenvalue weighted by atomic mass is 10.3. The fourth-order valence-corrected chi connectivity index (χ4v) is 1.68. The summed E-state index contributed by atoms with van der Waals surface area (Å²) >= 11 is 5.70. The predicted molar refractivity (Wildman–Crippen MR) is 61.3 cm³/mol. The van der Waals surface area contributed by atoms with E-state index in [1.54, 1.807) is 11.9 Å². The van der Waals surface area contributed by atoms with Crippen LogP contribution >= 0.6 is 11.6 Å². The van der Waals surface area contributed by atoms with Gasteiger partial charge >= 0.3 is 0 Å². The Bertz CT molecular complexity index is 424. The molecule has 2 N–H and O–H groups in total. The first-order valence-electron chi connectivity index (χ1n) is 4.85. The number of carbonyl (C=O) groups is 1. The molecule has 0 saturated carbocycles. The molecule has 0 unspecified atom stereocenters. The number of rotatable bonds is 1. The number of nitrogens with zero attached hydrogens (tertiary/aromatic N) is 4. The topological polar surface area (TPSA) is 75.3 Å². The van der Waals surface area contributed by atoms with Gasteiger partial charge in [0.15, 0.2) is 5.82 Å². The molecule has 0 aromatic carbocycles. The van der Waals surface area contributed by atoms with Gasteiger partial charge in [0.05, 0.1) is 18.4 Å². The standard InChI is InChI=1S/C9H12ClN5O/c1-14-2-3-15(5-7(14)16)8-6(11)4-12-9(10)13-8/h4H,2-3,5,11H2,1H3. The molecule has 2 rings (SSSR count). The fourth-order valence-electron chi connectivity index (χ4n) is 1.55. The summed E-state index contributed by atoms with van der Waals surface area (Å²) in [6, 6.07) is 0. The zero-order valence-corrected chi connectivity index (χ0v) is 9.61. The molecule has 0 bridgehead atoms. The number of nitrogen functional groups attached to an aromatic ring is 1. The van der Waals surface area contributed by atoms with Crippen LogP contribution in [0.3, 0.4) is 0 Å². The van der Waals surface area contributed by atoms with Crippen molar-refractivity contribution in [2.24, 2.45) is 0 Å². The van der Waals surface area contributed by atoms with Crippen LogP contribution < -0.4 is 10.6 Å². The number of hydrogen-bond donors (Lipinski definition) is 1. The Balaban J connectivity index is 2.24. The minimum Gasteiger partial charge on any atom is -0.394 e. The molecule has 0 aliphatic carbocycles. The smallest absolute Gasteiger partial charge is 0.241 e. The summed E-state index contributed by atoms with van der Waals surface area (Å²) in [6.07, 6.45) is 1.45. The van der Waals surface area contributed by atoms with Crippen LogP contribution in [-0.2, 0) is 4.79 Å². The number of aromatic nitrogens is 2. The van der Waals surface area contributed by atoms with Gasteiger partial charge in [-0.2, -0.15) is 4.98 Å². The molecular formula is C9H12ClN5O. The molecule has 0 radical (unpaired) electrons. The largest absolute Gasteiger partial charge is 0.394 e. The summed E-state index contributed by atoms with van der Waals surface area (Å²) in [5.74, 6) is 0.571. The molecule has 0 atom stereocenters. The number of likely N-dealkylation sites (N-methyl/N-ethyl adjacent to an activating group) is 1. The second-order valence-corrected chi connectivity index (χ2v) is 3.99. The average molecular weight is 242 g/mol. The van der Waals surface area contributed by atoms with E-state index < -0.39 is 0 Å². The second-order valence-electron chi connectivity index (χ2n) is 3.65. The summed E-state index contributed by atoms with van der Waals surface area (Å²) in [4.78, 5) is 22.8. The third-order valence-corrected chi connectivity index (χ3v) is 2.71. The lowest BCUT2D eigenvalue weighted by Gasteiger charge is -2.33. The Labute approximate surface area is 98.0 Å². The van der Waals surface area contributed by atoms with Crippen LogP contribution in [0, 0.1) is 0 Å². The van der Waals surface area contributed by atoms with Crippen LogP contribution in [0.4, 0.5) is 11.5 Å². The third kappa shape index (κ3) is 2.01. The molecule has 16 heavy (non-hydrogen) atoms. The van der Waals surface area contributed by atoms with Gasteiger partial charge in [0, 0.05) is 20.1 Å². The van der Waals surface area contributed by atoms with Gasteiger partial charge < -0.3 is 15.5 Å². The Morgan fingerprint density at radius 2 is 2.25 bits per heavy atom. The van der Waals surface area contributed by atoms with Crippen molar-refractivity contribution in [1.82, 2.24) is 14.9 Å². The van der Waals surface area contributed by atoms with E-state index in [2.05, 4.69) is 9.97 Å². The van der Waals surface area contributed by atoms with Crippen molar-refractivity contribution >= 4 is 29.0 Å². The number of anilines is 2.